The average molecular weight is 163 g/mol. The molecule has 11 heavy (non-hydrogen) atoms. The SMILES string of the molecule is CC1(C)CC(F)(F)CCC1N. The highest BCUT2D eigenvalue weighted by molar-refractivity contribution is 4.92. The van der Waals surface area contributed by atoms with E-state index in [9.17, 15) is 8.78 Å². The molecule has 1 fully saturated rings. The summed E-state index contributed by atoms with van der Waals surface area (Å²) in [5.74, 6) is -2.49. The highest BCUT2D eigenvalue weighted by Crippen LogP contribution is 2.43. The van der Waals surface area contributed by atoms with Gasteiger partial charge in [-0.1, -0.05) is 13.8 Å². The fourth-order valence-electron chi connectivity index (χ4n) is 1.64. The van der Waals surface area contributed by atoms with Gasteiger partial charge in [0.1, 0.15) is 0 Å². The van der Waals surface area contributed by atoms with Crippen molar-refractivity contribution >= 4 is 0 Å². The summed E-state index contributed by atoms with van der Waals surface area (Å²) in [6.07, 6.45) is 0.332. The maximum absolute atomic E-state index is 12.8. The average Bonchev–Trinajstić information content (AvgIpc) is 1.77. The zero-order valence-corrected chi connectivity index (χ0v) is 7.03. The van der Waals surface area contributed by atoms with Gasteiger partial charge in [0.05, 0.1) is 0 Å². The third kappa shape index (κ3) is 1.89. The van der Waals surface area contributed by atoms with E-state index >= 15 is 0 Å². The molecule has 1 nitrogen and oxygen atoms in total. The van der Waals surface area contributed by atoms with Crippen molar-refractivity contribution in [3.8, 4) is 0 Å². The molecule has 2 N–H and O–H groups in total. The Hall–Kier alpha value is -0.180. The van der Waals surface area contributed by atoms with Crippen molar-refractivity contribution in [3.63, 3.8) is 0 Å². The van der Waals surface area contributed by atoms with Gasteiger partial charge in [0.25, 0.3) is 0 Å². The number of halogens is 2. The van der Waals surface area contributed by atoms with Crippen LogP contribution in [-0.2, 0) is 0 Å². The highest BCUT2D eigenvalue weighted by Gasteiger charge is 2.44. The smallest absolute Gasteiger partial charge is 0.248 e. The molecule has 1 rings (SSSR count). The highest BCUT2D eigenvalue weighted by atomic mass is 19.3. The third-order valence-corrected chi connectivity index (χ3v) is 2.54. The third-order valence-electron chi connectivity index (χ3n) is 2.54. The number of rotatable bonds is 0. The van der Waals surface area contributed by atoms with Crippen LogP contribution in [0.25, 0.3) is 0 Å². The van der Waals surface area contributed by atoms with Crippen molar-refractivity contribution in [2.24, 2.45) is 11.1 Å². The van der Waals surface area contributed by atoms with Gasteiger partial charge in [-0.3, -0.25) is 0 Å². The van der Waals surface area contributed by atoms with Gasteiger partial charge in [0, 0.05) is 18.9 Å². The van der Waals surface area contributed by atoms with Crippen LogP contribution >= 0.6 is 0 Å². The summed E-state index contributed by atoms with van der Waals surface area (Å²) in [4.78, 5) is 0. The number of nitrogens with two attached hydrogens (primary N) is 1. The minimum atomic E-state index is -2.49. The van der Waals surface area contributed by atoms with Crippen molar-refractivity contribution < 1.29 is 8.78 Å². The van der Waals surface area contributed by atoms with E-state index in [0.29, 0.717) is 6.42 Å². The molecule has 1 aliphatic carbocycles. The first-order valence-electron chi connectivity index (χ1n) is 3.97. The van der Waals surface area contributed by atoms with Gasteiger partial charge in [-0.2, -0.15) is 0 Å². The van der Waals surface area contributed by atoms with Crippen LogP contribution < -0.4 is 5.73 Å². The Balaban J connectivity index is 2.67. The molecular formula is C8H15F2N. The minimum Gasteiger partial charge on any atom is -0.327 e. The number of hydrogen-bond donors (Lipinski definition) is 1. The second-order valence-electron chi connectivity index (χ2n) is 4.17. The fraction of sp³-hybridized carbons (Fsp3) is 1.00. The fourth-order valence-corrected chi connectivity index (χ4v) is 1.64. The van der Waals surface area contributed by atoms with Gasteiger partial charge in [0.15, 0.2) is 0 Å². The lowest BCUT2D eigenvalue weighted by molar-refractivity contribution is -0.0798. The molecule has 0 heterocycles. The van der Waals surface area contributed by atoms with Crippen molar-refractivity contribution in [1.29, 1.82) is 0 Å². The van der Waals surface area contributed by atoms with Crippen molar-refractivity contribution in [3.05, 3.63) is 0 Å². The minimum absolute atomic E-state index is 0.0441. The van der Waals surface area contributed by atoms with E-state index in [1.807, 2.05) is 13.8 Å². The number of alkyl halides is 2. The summed E-state index contributed by atoms with van der Waals surface area (Å²) in [6.45, 7) is 3.62. The van der Waals surface area contributed by atoms with Crippen LogP contribution in [0.15, 0.2) is 0 Å². The summed E-state index contributed by atoms with van der Waals surface area (Å²) in [6, 6.07) is -0.0675. The van der Waals surface area contributed by atoms with Crippen LogP contribution in [0.3, 0.4) is 0 Å². The molecule has 3 heteroatoms. The van der Waals surface area contributed by atoms with Crippen LogP contribution in [0, 0.1) is 5.41 Å². The molecule has 0 aromatic carbocycles. The summed E-state index contributed by atoms with van der Waals surface area (Å²) in [7, 11) is 0. The van der Waals surface area contributed by atoms with E-state index in [4.69, 9.17) is 5.73 Å². The number of hydrogen-bond acceptors (Lipinski definition) is 1. The Morgan fingerprint density at radius 2 is 1.91 bits per heavy atom. The molecule has 1 aliphatic rings. The van der Waals surface area contributed by atoms with E-state index in [0.717, 1.165) is 0 Å². The van der Waals surface area contributed by atoms with Crippen molar-refractivity contribution in [2.75, 3.05) is 0 Å². The largest absolute Gasteiger partial charge is 0.327 e. The standard InChI is InChI=1S/C8H15F2N/c1-7(2)5-8(9,10)4-3-6(7)11/h6H,3-5,11H2,1-2H3. The maximum Gasteiger partial charge on any atom is 0.248 e. The first-order valence-corrected chi connectivity index (χ1v) is 3.97. The van der Waals surface area contributed by atoms with E-state index in [2.05, 4.69) is 0 Å². The van der Waals surface area contributed by atoms with Crippen LogP contribution in [-0.4, -0.2) is 12.0 Å². The first-order chi connectivity index (χ1) is 4.83. The van der Waals surface area contributed by atoms with Crippen LogP contribution in [0.5, 0.6) is 0 Å². The molecule has 0 aromatic heterocycles. The Bertz CT molecular complexity index is 154. The topological polar surface area (TPSA) is 26.0 Å². The Kier molecular flexibility index (Phi) is 1.95. The predicted molar refractivity (Wildman–Crippen MR) is 40.6 cm³/mol. The van der Waals surface area contributed by atoms with Gasteiger partial charge in [0.2, 0.25) is 5.92 Å². The summed E-state index contributed by atoms with van der Waals surface area (Å²) >= 11 is 0. The van der Waals surface area contributed by atoms with Crippen LogP contribution in [0.4, 0.5) is 8.78 Å². The van der Waals surface area contributed by atoms with Crippen LogP contribution in [0.2, 0.25) is 0 Å². The van der Waals surface area contributed by atoms with E-state index in [-0.39, 0.29) is 18.9 Å². The van der Waals surface area contributed by atoms with Gasteiger partial charge < -0.3 is 5.73 Å². The maximum atomic E-state index is 12.8. The summed E-state index contributed by atoms with van der Waals surface area (Å²) in [5.41, 5.74) is 5.30. The lowest BCUT2D eigenvalue weighted by Gasteiger charge is -2.40. The quantitative estimate of drug-likeness (QED) is 0.581. The van der Waals surface area contributed by atoms with Gasteiger partial charge in [-0.25, -0.2) is 8.78 Å². The normalized spacial score (nSPS) is 35.2. The molecule has 0 radical (unpaired) electrons. The molecule has 0 bridgehead atoms. The Labute approximate surface area is 66.0 Å². The zero-order valence-electron chi connectivity index (χ0n) is 7.03. The second-order valence-corrected chi connectivity index (χ2v) is 4.17. The molecule has 0 aromatic rings. The molecule has 1 saturated carbocycles. The van der Waals surface area contributed by atoms with Gasteiger partial charge >= 0.3 is 0 Å². The molecule has 0 saturated heterocycles. The van der Waals surface area contributed by atoms with Crippen molar-refractivity contribution in [1.82, 2.24) is 0 Å². The molecule has 0 aliphatic heterocycles. The van der Waals surface area contributed by atoms with Gasteiger partial charge in [-0.15, -0.1) is 0 Å². The van der Waals surface area contributed by atoms with E-state index in [1.54, 1.807) is 0 Å². The molecule has 0 amide bonds. The monoisotopic (exact) mass is 163 g/mol. The van der Waals surface area contributed by atoms with Crippen LogP contribution in [0.1, 0.15) is 33.1 Å². The van der Waals surface area contributed by atoms with Gasteiger partial charge in [-0.05, 0) is 11.8 Å². The molecular weight excluding hydrogens is 148 g/mol. The summed E-state index contributed by atoms with van der Waals surface area (Å²) in [5, 5.41) is 0. The summed E-state index contributed by atoms with van der Waals surface area (Å²) < 4.78 is 25.6. The Morgan fingerprint density at radius 3 is 2.27 bits per heavy atom. The second kappa shape index (κ2) is 2.41. The first kappa shape index (κ1) is 8.91. The molecule has 1 atom stereocenters. The van der Waals surface area contributed by atoms with E-state index in [1.165, 1.54) is 0 Å². The molecule has 66 valence electrons. The van der Waals surface area contributed by atoms with Crippen molar-refractivity contribution in [2.45, 2.75) is 45.1 Å². The van der Waals surface area contributed by atoms with E-state index < -0.39 is 11.3 Å². The molecule has 1 unspecified atom stereocenters. The Morgan fingerprint density at radius 1 is 1.36 bits per heavy atom. The molecule has 0 spiro atoms. The lowest BCUT2D eigenvalue weighted by atomic mass is 9.72. The lowest BCUT2D eigenvalue weighted by Crippen LogP contribution is -2.46. The zero-order chi connectivity index (χ0) is 8.70. The predicted octanol–water partition coefficient (Wildman–Crippen LogP) is 2.16.